The minimum atomic E-state index is -1.87. The number of carbonyl (C=O) groups excluding carboxylic acids is 1. The number of aliphatic hydroxyl groups is 2. The molecule has 8 rings (SSSR count). The number of Topliss-reactive ketones (excluding diaryl/α,β-unsaturated/α-hetero) is 1. The summed E-state index contributed by atoms with van der Waals surface area (Å²) in [5.74, 6) is 0.162. The second-order valence-corrected chi connectivity index (χ2v) is 14.0. The third-order valence-electron chi connectivity index (χ3n) is 11.4. The van der Waals surface area contributed by atoms with E-state index >= 15 is 4.79 Å². The second-order valence-electron chi connectivity index (χ2n) is 14.0. The third-order valence-corrected chi connectivity index (χ3v) is 11.4. The van der Waals surface area contributed by atoms with Gasteiger partial charge in [0.05, 0.1) is 5.70 Å². The van der Waals surface area contributed by atoms with E-state index in [4.69, 9.17) is 4.74 Å². The topological polar surface area (TPSA) is 73.2 Å². The van der Waals surface area contributed by atoms with Crippen molar-refractivity contribution in [2.24, 2.45) is 11.3 Å². The van der Waals surface area contributed by atoms with Crippen molar-refractivity contribution in [3.05, 3.63) is 148 Å². The van der Waals surface area contributed by atoms with Crippen molar-refractivity contribution in [3.63, 3.8) is 0 Å². The Labute approximate surface area is 277 Å². The average molecular weight is 627 g/mol. The molecule has 3 aliphatic carbocycles. The van der Waals surface area contributed by atoms with Crippen LogP contribution in [0.3, 0.4) is 0 Å². The molecule has 2 N–H and O–H groups in total. The molecule has 5 aliphatic rings. The Morgan fingerprint density at radius 2 is 1.55 bits per heavy atom. The quantitative estimate of drug-likeness (QED) is 0.235. The third kappa shape index (κ3) is 4.68. The Bertz CT molecular complexity index is 1770. The highest BCUT2D eigenvalue weighted by Crippen LogP contribution is 2.66. The molecule has 47 heavy (non-hydrogen) atoms. The number of hydrogen-bond acceptors (Lipinski definition) is 6. The molecule has 2 heterocycles. The predicted molar refractivity (Wildman–Crippen MR) is 182 cm³/mol. The van der Waals surface area contributed by atoms with E-state index in [-0.39, 0.29) is 18.1 Å². The number of hydrogen-bond donors (Lipinski definition) is 2. The number of carbonyl (C=O) groups is 1. The molecule has 3 aromatic carbocycles. The zero-order valence-electron chi connectivity index (χ0n) is 27.0. The first kappa shape index (κ1) is 30.1. The number of aliphatic hydroxyl groups excluding tert-OH is 1. The van der Waals surface area contributed by atoms with Crippen LogP contribution in [0, 0.1) is 11.3 Å². The molecule has 6 atom stereocenters. The summed E-state index contributed by atoms with van der Waals surface area (Å²) >= 11 is 0. The van der Waals surface area contributed by atoms with Crippen molar-refractivity contribution in [1.29, 1.82) is 0 Å². The molecular formula is C41H42N2O4. The Kier molecular flexibility index (Phi) is 7.36. The van der Waals surface area contributed by atoms with Crippen LogP contribution < -0.4 is 0 Å². The van der Waals surface area contributed by atoms with Crippen LogP contribution in [0.1, 0.15) is 42.9 Å². The first-order valence-electron chi connectivity index (χ1n) is 16.9. The lowest BCUT2D eigenvalue weighted by atomic mass is 9.51. The first-order chi connectivity index (χ1) is 22.8. The van der Waals surface area contributed by atoms with Gasteiger partial charge in [0.25, 0.3) is 0 Å². The van der Waals surface area contributed by atoms with Gasteiger partial charge >= 0.3 is 0 Å². The minimum absolute atomic E-state index is 0.143. The Balaban J connectivity index is 1.26. The lowest BCUT2D eigenvalue weighted by Crippen LogP contribution is -2.62. The molecule has 0 radical (unpaired) electrons. The molecule has 3 aromatic rings. The van der Waals surface area contributed by atoms with Gasteiger partial charge in [-0.15, -0.1) is 0 Å². The smallest absolute Gasteiger partial charge is 0.200 e. The molecule has 1 unspecified atom stereocenters. The number of ether oxygens (including phenoxy) is 1. The monoisotopic (exact) mass is 626 g/mol. The summed E-state index contributed by atoms with van der Waals surface area (Å²) in [6.45, 7) is 3.89. The van der Waals surface area contributed by atoms with Crippen molar-refractivity contribution in [1.82, 2.24) is 9.80 Å². The lowest BCUT2D eigenvalue weighted by Gasteiger charge is -2.58. The fraction of sp³-hybridized carbons (Fsp3) is 0.341. The Morgan fingerprint density at radius 3 is 2.19 bits per heavy atom. The van der Waals surface area contributed by atoms with Crippen molar-refractivity contribution >= 4 is 11.5 Å². The zero-order valence-corrected chi connectivity index (χ0v) is 27.0. The molecule has 1 spiro atoms. The predicted octanol–water partition coefficient (Wildman–Crippen LogP) is 6.04. The van der Waals surface area contributed by atoms with Crippen molar-refractivity contribution < 1.29 is 19.7 Å². The molecule has 2 aliphatic heterocycles. The van der Waals surface area contributed by atoms with Gasteiger partial charge in [0.2, 0.25) is 0 Å². The van der Waals surface area contributed by atoms with Gasteiger partial charge in [-0.05, 0) is 55.6 Å². The number of likely N-dealkylation sites (tertiary alicyclic amines) is 1. The molecule has 0 amide bonds. The largest absolute Gasteiger partial charge is 0.487 e. The first-order valence-corrected chi connectivity index (χ1v) is 16.9. The molecule has 2 bridgehead atoms. The summed E-state index contributed by atoms with van der Waals surface area (Å²) in [6, 6.07) is 30.9. The summed E-state index contributed by atoms with van der Waals surface area (Å²) in [7, 11) is 2.18. The number of rotatable bonds is 8. The van der Waals surface area contributed by atoms with Crippen molar-refractivity contribution in [2.75, 3.05) is 13.6 Å². The summed E-state index contributed by atoms with van der Waals surface area (Å²) in [4.78, 5) is 19.7. The number of benzene rings is 3. The maximum atomic E-state index is 15.0. The van der Waals surface area contributed by atoms with Crippen LogP contribution in [-0.2, 0) is 22.6 Å². The van der Waals surface area contributed by atoms with Gasteiger partial charge in [-0.25, -0.2) is 0 Å². The van der Waals surface area contributed by atoms with Crippen LogP contribution in [0.15, 0.2) is 132 Å². The van der Waals surface area contributed by atoms with Crippen LogP contribution in [0.4, 0.5) is 0 Å². The minimum Gasteiger partial charge on any atom is -0.487 e. The molecule has 6 nitrogen and oxygen atoms in total. The van der Waals surface area contributed by atoms with Crippen LogP contribution in [-0.4, -0.2) is 63.2 Å². The number of piperidine rings is 1. The van der Waals surface area contributed by atoms with Crippen LogP contribution >= 0.6 is 0 Å². The van der Waals surface area contributed by atoms with Crippen LogP contribution in [0.5, 0.6) is 0 Å². The molecular weight excluding hydrogens is 584 g/mol. The van der Waals surface area contributed by atoms with Crippen LogP contribution in [0.2, 0.25) is 0 Å². The highest BCUT2D eigenvalue weighted by Gasteiger charge is 2.68. The van der Waals surface area contributed by atoms with E-state index in [0.717, 1.165) is 52.9 Å². The van der Waals surface area contributed by atoms with E-state index in [1.165, 1.54) is 0 Å². The van der Waals surface area contributed by atoms with E-state index in [9.17, 15) is 10.2 Å². The average Bonchev–Trinajstić information content (AvgIpc) is 3.46. The van der Waals surface area contributed by atoms with Gasteiger partial charge in [0.15, 0.2) is 11.4 Å². The van der Waals surface area contributed by atoms with E-state index < -0.39 is 23.2 Å². The molecule has 6 heteroatoms. The van der Waals surface area contributed by atoms with E-state index in [0.29, 0.717) is 30.5 Å². The molecule has 1 saturated heterocycles. The standard InChI is InChI=1S/C41H42N2O4/c1-27(36(30-16-10-5-11-17-30)43(25-28-12-6-3-7-13-28)26-29-14-8-4-9-15-29)37(45)41(46)21-20-31-24-33-32-18-19-34(44)38-40(32,22-23-42(33)2)35(31)39(41)47-38/h3-20,32-34,38,44,46H,21-26H2,1-2H3/b36-27-/t32-,33+,34-,38-,40-,41?/m0/s1. The van der Waals surface area contributed by atoms with Crippen LogP contribution in [0.25, 0.3) is 5.70 Å². The van der Waals surface area contributed by atoms with Gasteiger partial charge in [0, 0.05) is 48.0 Å². The van der Waals surface area contributed by atoms with E-state index in [1.54, 1.807) is 0 Å². The summed E-state index contributed by atoms with van der Waals surface area (Å²) in [5.41, 5.74) is 4.24. The summed E-state index contributed by atoms with van der Waals surface area (Å²) < 4.78 is 6.71. The maximum Gasteiger partial charge on any atom is 0.200 e. The fourth-order valence-corrected chi connectivity index (χ4v) is 9.16. The molecule has 0 aromatic heterocycles. The van der Waals surface area contributed by atoms with Gasteiger partial charge < -0.3 is 24.7 Å². The van der Waals surface area contributed by atoms with Gasteiger partial charge in [-0.1, -0.05) is 109 Å². The lowest BCUT2D eigenvalue weighted by molar-refractivity contribution is -0.137. The SMILES string of the molecule is C/C(C(=O)C1(O)CC=C2C[C@@H]3[C@@H]4C=C[C@H](O)[C@@H]5OC1=C2[C@]45CCN3C)=C(\c1ccccc1)N(Cc1ccccc1)Cc1ccccc1. The second kappa shape index (κ2) is 11.5. The van der Waals surface area contributed by atoms with Gasteiger partial charge in [-0.2, -0.15) is 0 Å². The van der Waals surface area contributed by atoms with E-state index in [1.807, 2.05) is 79.7 Å². The highest BCUT2D eigenvalue weighted by molar-refractivity contribution is 6.09. The summed E-state index contributed by atoms with van der Waals surface area (Å²) in [6.07, 6.45) is 6.57. The van der Waals surface area contributed by atoms with Crippen molar-refractivity contribution in [2.45, 2.75) is 63.1 Å². The Morgan fingerprint density at radius 1 is 0.936 bits per heavy atom. The number of nitrogens with zero attached hydrogens (tertiary/aromatic N) is 2. The normalized spacial score (nSPS) is 31.0. The van der Waals surface area contributed by atoms with Gasteiger partial charge in [0.1, 0.15) is 18.0 Å². The molecule has 1 saturated carbocycles. The van der Waals surface area contributed by atoms with Gasteiger partial charge in [-0.3, -0.25) is 4.79 Å². The molecule has 2 fully saturated rings. The zero-order chi connectivity index (χ0) is 32.3. The number of ketones is 1. The highest BCUT2D eigenvalue weighted by atomic mass is 16.5. The molecule has 240 valence electrons. The summed E-state index contributed by atoms with van der Waals surface area (Å²) in [5, 5.41) is 24.0. The fourth-order valence-electron chi connectivity index (χ4n) is 9.16. The Hall–Kier alpha value is -4.23. The van der Waals surface area contributed by atoms with Crippen molar-refractivity contribution in [3.8, 4) is 0 Å². The maximum absolute atomic E-state index is 15.0. The van der Waals surface area contributed by atoms with E-state index in [2.05, 4.69) is 53.3 Å².